The van der Waals surface area contributed by atoms with Gasteiger partial charge in [0.1, 0.15) is 6.61 Å². The number of amides is 2. The predicted molar refractivity (Wildman–Crippen MR) is 86.3 cm³/mol. The van der Waals surface area contributed by atoms with Crippen LogP contribution in [0, 0.1) is 0 Å². The fourth-order valence-corrected chi connectivity index (χ4v) is 2.49. The Hall–Kier alpha value is -2.93. The Kier molecular flexibility index (Phi) is 4.43. The van der Waals surface area contributed by atoms with E-state index < -0.39 is 12.0 Å². The quantitative estimate of drug-likeness (QED) is 0.827. The van der Waals surface area contributed by atoms with Crippen molar-refractivity contribution in [2.45, 2.75) is 6.61 Å². The molecule has 2 aromatic carbocycles. The van der Waals surface area contributed by atoms with Crippen molar-refractivity contribution < 1.29 is 23.8 Å². The number of primary amides is 1. The van der Waals surface area contributed by atoms with Crippen LogP contribution in [0.5, 0.6) is 11.5 Å². The maximum absolute atomic E-state index is 12.1. The van der Waals surface area contributed by atoms with Crippen molar-refractivity contribution in [1.82, 2.24) is 0 Å². The summed E-state index contributed by atoms with van der Waals surface area (Å²) < 4.78 is 15.7. The highest BCUT2D eigenvalue weighted by molar-refractivity contribution is 6.32. The largest absolute Gasteiger partial charge is 0.457 e. The summed E-state index contributed by atoms with van der Waals surface area (Å²) in [6.07, 6.45) is 0. The predicted octanol–water partition coefficient (Wildman–Crippen LogP) is 2.92. The first kappa shape index (κ1) is 15.9. The van der Waals surface area contributed by atoms with Gasteiger partial charge in [-0.15, -0.1) is 0 Å². The summed E-state index contributed by atoms with van der Waals surface area (Å²) in [5.41, 5.74) is 6.40. The first-order chi connectivity index (χ1) is 11.5. The molecule has 2 amide bonds. The molecule has 3 N–H and O–H groups in total. The standard InChI is InChI=1S/C16H13ClN2O5/c17-12-4-9(5-13-14(12)24-8-23-13)7-22-15(20)10-2-1-3-11(6-10)19-16(18)21/h1-6H,7-8H2,(H3,18,19,21). The van der Waals surface area contributed by atoms with Gasteiger partial charge in [0.25, 0.3) is 0 Å². The lowest BCUT2D eigenvalue weighted by atomic mass is 10.2. The highest BCUT2D eigenvalue weighted by atomic mass is 35.5. The number of urea groups is 1. The van der Waals surface area contributed by atoms with Gasteiger partial charge in [-0.1, -0.05) is 17.7 Å². The second-order valence-corrected chi connectivity index (χ2v) is 5.36. The Morgan fingerprint density at radius 3 is 2.88 bits per heavy atom. The molecule has 0 aliphatic carbocycles. The number of benzene rings is 2. The van der Waals surface area contributed by atoms with E-state index in [9.17, 15) is 9.59 Å². The first-order valence-corrected chi connectivity index (χ1v) is 7.32. The molecular formula is C16H13ClN2O5. The van der Waals surface area contributed by atoms with E-state index in [2.05, 4.69) is 5.32 Å². The average molecular weight is 349 g/mol. The first-order valence-electron chi connectivity index (χ1n) is 6.94. The number of carbonyl (C=O) groups is 2. The molecule has 0 unspecified atom stereocenters. The van der Waals surface area contributed by atoms with Gasteiger partial charge in [0.05, 0.1) is 10.6 Å². The van der Waals surface area contributed by atoms with E-state index in [0.717, 1.165) is 0 Å². The lowest BCUT2D eigenvalue weighted by Crippen LogP contribution is -2.19. The Morgan fingerprint density at radius 1 is 1.25 bits per heavy atom. The van der Waals surface area contributed by atoms with Gasteiger partial charge in [0.15, 0.2) is 11.5 Å². The smallest absolute Gasteiger partial charge is 0.338 e. The van der Waals surface area contributed by atoms with Crippen LogP contribution in [0.4, 0.5) is 10.5 Å². The zero-order valence-electron chi connectivity index (χ0n) is 12.4. The summed E-state index contributed by atoms with van der Waals surface area (Å²) in [4.78, 5) is 23.0. The summed E-state index contributed by atoms with van der Waals surface area (Å²) in [6.45, 7) is 0.126. The number of ether oxygens (including phenoxy) is 3. The van der Waals surface area contributed by atoms with Crippen molar-refractivity contribution in [3.8, 4) is 11.5 Å². The molecule has 0 aromatic heterocycles. The van der Waals surface area contributed by atoms with Crippen molar-refractivity contribution in [2.75, 3.05) is 12.1 Å². The van der Waals surface area contributed by atoms with Gasteiger partial charge < -0.3 is 25.3 Å². The number of nitrogens with one attached hydrogen (secondary N) is 1. The monoisotopic (exact) mass is 348 g/mol. The van der Waals surface area contributed by atoms with Crippen molar-refractivity contribution in [2.24, 2.45) is 5.73 Å². The molecule has 7 nitrogen and oxygen atoms in total. The SMILES string of the molecule is NC(=O)Nc1cccc(C(=O)OCc2cc(Cl)c3c(c2)OCO3)c1. The van der Waals surface area contributed by atoms with Gasteiger partial charge in [0, 0.05) is 5.69 Å². The zero-order chi connectivity index (χ0) is 17.1. The molecule has 2 aromatic rings. The van der Waals surface area contributed by atoms with E-state index in [1.54, 1.807) is 30.3 Å². The van der Waals surface area contributed by atoms with Crippen molar-refractivity contribution in [1.29, 1.82) is 0 Å². The topological polar surface area (TPSA) is 99.9 Å². The van der Waals surface area contributed by atoms with E-state index in [1.807, 2.05) is 0 Å². The second-order valence-electron chi connectivity index (χ2n) is 4.96. The number of hydrogen-bond acceptors (Lipinski definition) is 5. The van der Waals surface area contributed by atoms with Crippen LogP contribution in [0.3, 0.4) is 0 Å². The van der Waals surface area contributed by atoms with Crippen LogP contribution in [0.1, 0.15) is 15.9 Å². The minimum absolute atomic E-state index is 0.0165. The van der Waals surface area contributed by atoms with Crippen LogP contribution in [-0.4, -0.2) is 18.8 Å². The Labute approximate surface area is 142 Å². The maximum atomic E-state index is 12.1. The number of nitrogens with two attached hydrogens (primary N) is 1. The summed E-state index contributed by atoms with van der Waals surface area (Å²) in [7, 11) is 0. The van der Waals surface area contributed by atoms with Crippen LogP contribution >= 0.6 is 11.6 Å². The van der Waals surface area contributed by atoms with Crippen molar-refractivity contribution in [3.63, 3.8) is 0 Å². The summed E-state index contributed by atoms with van der Waals surface area (Å²) in [5.74, 6) is 0.454. The van der Waals surface area contributed by atoms with E-state index in [1.165, 1.54) is 6.07 Å². The number of hydrogen-bond donors (Lipinski definition) is 2. The third-order valence-electron chi connectivity index (χ3n) is 3.22. The molecule has 1 aliphatic rings. The third-order valence-corrected chi connectivity index (χ3v) is 3.50. The molecule has 0 radical (unpaired) electrons. The molecule has 8 heteroatoms. The molecule has 0 atom stereocenters. The Balaban J connectivity index is 1.68. The highest BCUT2D eigenvalue weighted by Crippen LogP contribution is 2.39. The molecule has 124 valence electrons. The molecule has 0 spiro atoms. The average Bonchev–Trinajstić information content (AvgIpc) is 3.01. The molecule has 0 bridgehead atoms. The zero-order valence-corrected chi connectivity index (χ0v) is 13.1. The summed E-state index contributed by atoms with van der Waals surface area (Å²) >= 11 is 6.08. The number of esters is 1. The number of halogens is 1. The number of fused-ring (bicyclic) bond motifs is 1. The molecule has 1 aliphatic heterocycles. The van der Waals surface area contributed by atoms with E-state index in [-0.39, 0.29) is 19.0 Å². The van der Waals surface area contributed by atoms with E-state index in [0.29, 0.717) is 27.8 Å². The van der Waals surface area contributed by atoms with Crippen LogP contribution in [-0.2, 0) is 11.3 Å². The summed E-state index contributed by atoms with van der Waals surface area (Å²) in [6, 6.07) is 8.90. The van der Waals surface area contributed by atoms with Crippen LogP contribution < -0.4 is 20.5 Å². The molecule has 0 saturated heterocycles. The van der Waals surface area contributed by atoms with Crippen molar-refractivity contribution >= 4 is 29.3 Å². The second kappa shape index (κ2) is 6.67. The highest BCUT2D eigenvalue weighted by Gasteiger charge is 2.19. The fourth-order valence-electron chi connectivity index (χ4n) is 2.20. The molecular weight excluding hydrogens is 336 g/mol. The van der Waals surface area contributed by atoms with E-state index >= 15 is 0 Å². The number of anilines is 1. The minimum atomic E-state index is -0.712. The van der Waals surface area contributed by atoms with E-state index in [4.69, 9.17) is 31.5 Å². The normalized spacial score (nSPS) is 11.9. The number of carbonyl (C=O) groups excluding carboxylic acids is 2. The maximum Gasteiger partial charge on any atom is 0.338 e. The fraction of sp³-hybridized carbons (Fsp3) is 0.125. The Morgan fingerprint density at radius 2 is 2.08 bits per heavy atom. The number of rotatable bonds is 4. The Bertz CT molecular complexity index is 809. The molecule has 0 saturated carbocycles. The minimum Gasteiger partial charge on any atom is -0.457 e. The van der Waals surface area contributed by atoms with Gasteiger partial charge in [-0.05, 0) is 35.9 Å². The summed E-state index contributed by atoms with van der Waals surface area (Å²) in [5, 5.41) is 2.79. The lowest BCUT2D eigenvalue weighted by Gasteiger charge is -2.08. The lowest BCUT2D eigenvalue weighted by molar-refractivity contribution is 0.0472. The van der Waals surface area contributed by atoms with Crippen LogP contribution in [0.15, 0.2) is 36.4 Å². The van der Waals surface area contributed by atoms with Gasteiger partial charge in [-0.2, -0.15) is 0 Å². The van der Waals surface area contributed by atoms with Gasteiger partial charge >= 0.3 is 12.0 Å². The van der Waals surface area contributed by atoms with Crippen LogP contribution in [0.2, 0.25) is 5.02 Å². The van der Waals surface area contributed by atoms with Crippen LogP contribution in [0.25, 0.3) is 0 Å². The van der Waals surface area contributed by atoms with Gasteiger partial charge in [-0.3, -0.25) is 0 Å². The van der Waals surface area contributed by atoms with Gasteiger partial charge in [-0.25, -0.2) is 9.59 Å². The van der Waals surface area contributed by atoms with Crippen molar-refractivity contribution in [3.05, 3.63) is 52.5 Å². The molecule has 24 heavy (non-hydrogen) atoms. The molecule has 3 rings (SSSR count). The molecule has 1 heterocycles. The third kappa shape index (κ3) is 3.52. The van der Waals surface area contributed by atoms with Gasteiger partial charge in [0.2, 0.25) is 6.79 Å². The molecule has 0 fully saturated rings.